The van der Waals surface area contributed by atoms with Crippen LogP contribution in [-0.4, -0.2) is 26.9 Å². The van der Waals surface area contributed by atoms with Crippen molar-refractivity contribution < 1.29 is 4.79 Å². The number of anilines is 1. The Kier molecular flexibility index (Phi) is 4.46. The third-order valence-electron chi connectivity index (χ3n) is 2.71. The second kappa shape index (κ2) is 6.29. The van der Waals surface area contributed by atoms with E-state index in [4.69, 9.17) is 5.73 Å². The molecule has 0 radical (unpaired) electrons. The van der Waals surface area contributed by atoms with Gasteiger partial charge in [-0.05, 0) is 35.6 Å². The standard InChI is InChI=1S/C13H16N4OS/c1-2-7-17(13(18)12-9-19-16-15-12)8-10-3-5-11(14)6-4-10/h3-6,9H,2,7-8,14H2,1H3. The molecular weight excluding hydrogens is 260 g/mol. The van der Waals surface area contributed by atoms with Crippen LogP contribution in [0.2, 0.25) is 0 Å². The van der Waals surface area contributed by atoms with E-state index in [0.717, 1.165) is 17.7 Å². The third-order valence-corrected chi connectivity index (χ3v) is 3.22. The van der Waals surface area contributed by atoms with E-state index in [2.05, 4.69) is 9.59 Å². The number of aromatic nitrogens is 2. The normalized spacial score (nSPS) is 10.4. The molecule has 19 heavy (non-hydrogen) atoms. The van der Waals surface area contributed by atoms with E-state index in [1.807, 2.05) is 31.2 Å². The molecule has 0 spiro atoms. The van der Waals surface area contributed by atoms with Gasteiger partial charge in [0.05, 0.1) is 0 Å². The summed E-state index contributed by atoms with van der Waals surface area (Å²) in [5, 5.41) is 5.51. The molecule has 2 aromatic rings. The molecule has 0 bridgehead atoms. The van der Waals surface area contributed by atoms with Gasteiger partial charge in [-0.15, -0.1) is 5.10 Å². The van der Waals surface area contributed by atoms with Gasteiger partial charge in [0.2, 0.25) is 0 Å². The molecule has 0 saturated carbocycles. The van der Waals surface area contributed by atoms with Crippen molar-refractivity contribution in [3.8, 4) is 0 Å². The van der Waals surface area contributed by atoms with Crippen molar-refractivity contribution >= 4 is 23.1 Å². The molecule has 1 heterocycles. The van der Waals surface area contributed by atoms with Crippen molar-refractivity contribution in [2.45, 2.75) is 19.9 Å². The molecule has 1 amide bonds. The highest BCUT2D eigenvalue weighted by atomic mass is 32.1. The van der Waals surface area contributed by atoms with Gasteiger partial charge >= 0.3 is 0 Å². The van der Waals surface area contributed by atoms with Crippen LogP contribution in [0.25, 0.3) is 0 Å². The fourth-order valence-electron chi connectivity index (χ4n) is 1.79. The second-order valence-electron chi connectivity index (χ2n) is 4.26. The second-order valence-corrected chi connectivity index (χ2v) is 4.87. The van der Waals surface area contributed by atoms with Crippen LogP contribution in [0.1, 0.15) is 29.4 Å². The van der Waals surface area contributed by atoms with E-state index >= 15 is 0 Å². The maximum absolute atomic E-state index is 12.3. The predicted molar refractivity (Wildman–Crippen MR) is 75.8 cm³/mol. The first-order valence-corrected chi connectivity index (χ1v) is 6.95. The zero-order valence-electron chi connectivity index (χ0n) is 10.7. The lowest BCUT2D eigenvalue weighted by Gasteiger charge is -2.21. The molecule has 0 atom stereocenters. The number of hydrogen-bond donors (Lipinski definition) is 1. The number of amides is 1. The third kappa shape index (κ3) is 3.51. The number of nitrogens with two attached hydrogens (primary N) is 1. The summed E-state index contributed by atoms with van der Waals surface area (Å²) in [6.07, 6.45) is 0.901. The van der Waals surface area contributed by atoms with Crippen LogP contribution in [0, 0.1) is 0 Å². The number of hydrogen-bond acceptors (Lipinski definition) is 5. The van der Waals surface area contributed by atoms with Gasteiger partial charge in [0.25, 0.3) is 5.91 Å². The van der Waals surface area contributed by atoms with Gasteiger partial charge in [-0.2, -0.15) is 0 Å². The average molecular weight is 276 g/mol. The molecule has 0 aliphatic heterocycles. The Hall–Kier alpha value is -1.95. The van der Waals surface area contributed by atoms with Crippen LogP contribution in [0.15, 0.2) is 29.6 Å². The summed E-state index contributed by atoms with van der Waals surface area (Å²) in [6.45, 7) is 3.30. The van der Waals surface area contributed by atoms with Crippen LogP contribution in [0.3, 0.4) is 0 Å². The molecule has 0 saturated heterocycles. The van der Waals surface area contributed by atoms with Crippen molar-refractivity contribution in [2.75, 3.05) is 12.3 Å². The molecule has 0 unspecified atom stereocenters. The smallest absolute Gasteiger partial charge is 0.275 e. The van der Waals surface area contributed by atoms with Gasteiger partial charge in [0, 0.05) is 24.2 Å². The van der Waals surface area contributed by atoms with Crippen molar-refractivity contribution in [2.24, 2.45) is 0 Å². The lowest BCUT2D eigenvalue weighted by molar-refractivity contribution is 0.0737. The number of nitrogens with zero attached hydrogens (tertiary/aromatic N) is 3. The Morgan fingerprint density at radius 2 is 2.11 bits per heavy atom. The van der Waals surface area contributed by atoms with Crippen molar-refractivity contribution in [1.29, 1.82) is 0 Å². The lowest BCUT2D eigenvalue weighted by Crippen LogP contribution is -2.31. The maximum atomic E-state index is 12.3. The summed E-state index contributed by atoms with van der Waals surface area (Å²) in [6, 6.07) is 7.55. The van der Waals surface area contributed by atoms with Gasteiger partial charge < -0.3 is 10.6 Å². The number of nitrogen functional groups attached to an aromatic ring is 1. The van der Waals surface area contributed by atoms with Gasteiger partial charge in [0.1, 0.15) is 0 Å². The minimum Gasteiger partial charge on any atom is -0.399 e. The first kappa shape index (κ1) is 13.5. The first-order valence-electron chi connectivity index (χ1n) is 6.11. The molecule has 2 N–H and O–H groups in total. The van der Waals surface area contributed by atoms with Crippen molar-refractivity contribution in [3.05, 3.63) is 40.9 Å². The van der Waals surface area contributed by atoms with Crippen LogP contribution < -0.4 is 5.73 Å². The van der Waals surface area contributed by atoms with Gasteiger partial charge in [0.15, 0.2) is 5.69 Å². The fraction of sp³-hybridized carbons (Fsp3) is 0.308. The molecular formula is C13H16N4OS. The zero-order chi connectivity index (χ0) is 13.7. The molecule has 0 aliphatic carbocycles. The van der Waals surface area contributed by atoms with Gasteiger partial charge in [-0.25, -0.2) is 0 Å². The van der Waals surface area contributed by atoms with E-state index in [0.29, 0.717) is 18.8 Å². The summed E-state index contributed by atoms with van der Waals surface area (Å²) in [7, 11) is 0. The number of rotatable bonds is 5. The monoisotopic (exact) mass is 276 g/mol. The van der Waals surface area contributed by atoms with Crippen LogP contribution in [0.5, 0.6) is 0 Å². The first-order chi connectivity index (χ1) is 9.20. The van der Waals surface area contributed by atoms with E-state index in [1.165, 1.54) is 11.5 Å². The highest BCUT2D eigenvalue weighted by Gasteiger charge is 2.17. The Morgan fingerprint density at radius 1 is 1.37 bits per heavy atom. The summed E-state index contributed by atoms with van der Waals surface area (Å²) in [5.74, 6) is -0.0765. The summed E-state index contributed by atoms with van der Waals surface area (Å²) in [5.41, 5.74) is 7.84. The highest BCUT2D eigenvalue weighted by molar-refractivity contribution is 7.03. The zero-order valence-corrected chi connectivity index (χ0v) is 11.6. The minimum absolute atomic E-state index is 0.0765. The summed E-state index contributed by atoms with van der Waals surface area (Å²) >= 11 is 1.19. The molecule has 2 rings (SSSR count). The van der Waals surface area contributed by atoms with Crippen molar-refractivity contribution in [1.82, 2.24) is 14.5 Å². The quantitative estimate of drug-likeness (QED) is 0.849. The molecule has 6 heteroatoms. The van der Waals surface area contributed by atoms with E-state index < -0.39 is 0 Å². The molecule has 1 aromatic heterocycles. The largest absolute Gasteiger partial charge is 0.399 e. The van der Waals surface area contributed by atoms with Crippen LogP contribution in [0.4, 0.5) is 5.69 Å². The van der Waals surface area contributed by atoms with E-state index in [1.54, 1.807) is 10.3 Å². The summed E-state index contributed by atoms with van der Waals surface area (Å²) < 4.78 is 3.73. The Bertz CT molecular complexity index is 524. The van der Waals surface area contributed by atoms with E-state index in [-0.39, 0.29) is 5.91 Å². The SMILES string of the molecule is CCCN(Cc1ccc(N)cc1)C(=O)c1csnn1. The molecule has 5 nitrogen and oxygen atoms in total. The van der Waals surface area contributed by atoms with Crippen LogP contribution >= 0.6 is 11.5 Å². The Labute approximate surface area is 116 Å². The number of carbonyl (C=O) groups excluding carboxylic acids is 1. The minimum atomic E-state index is -0.0765. The molecule has 0 aliphatic rings. The Morgan fingerprint density at radius 3 is 2.68 bits per heavy atom. The van der Waals surface area contributed by atoms with Crippen molar-refractivity contribution in [3.63, 3.8) is 0 Å². The number of benzene rings is 1. The number of carbonyl (C=O) groups is 1. The lowest BCUT2D eigenvalue weighted by atomic mass is 10.2. The van der Waals surface area contributed by atoms with E-state index in [9.17, 15) is 4.79 Å². The molecule has 0 fully saturated rings. The Balaban J connectivity index is 2.11. The average Bonchev–Trinajstić information content (AvgIpc) is 2.94. The summed E-state index contributed by atoms with van der Waals surface area (Å²) in [4.78, 5) is 14.1. The van der Waals surface area contributed by atoms with Gasteiger partial charge in [-0.1, -0.05) is 23.5 Å². The fourth-order valence-corrected chi connectivity index (χ4v) is 2.22. The highest BCUT2D eigenvalue weighted by Crippen LogP contribution is 2.12. The maximum Gasteiger partial charge on any atom is 0.275 e. The predicted octanol–water partition coefficient (Wildman–Crippen LogP) is 2.17. The topological polar surface area (TPSA) is 72.1 Å². The van der Waals surface area contributed by atoms with Crippen LogP contribution in [-0.2, 0) is 6.54 Å². The molecule has 100 valence electrons. The molecule has 1 aromatic carbocycles. The van der Waals surface area contributed by atoms with Gasteiger partial charge in [-0.3, -0.25) is 4.79 Å².